The van der Waals surface area contributed by atoms with E-state index in [1.807, 2.05) is 19.3 Å². The largest absolute Gasteiger partial charge is 0.388 e. The third kappa shape index (κ3) is 3.82. The van der Waals surface area contributed by atoms with E-state index in [1.54, 1.807) is 0 Å². The molecule has 0 bridgehead atoms. The van der Waals surface area contributed by atoms with Crippen molar-refractivity contribution in [2.75, 3.05) is 6.54 Å². The zero-order valence-electron chi connectivity index (χ0n) is 10.8. The summed E-state index contributed by atoms with van der Waals surface area (Å²) in [6.07, 6.45) is 8.01. The number of nitrogens with one attached hydrogen (secondary N) is 1. The molecule has 4 heteroatoms. The lowest BCUT2D eigenvalue weighted by molar-refractivity contribution is 0.0568. The highest BCUT2D eigenvalue weighted by Crippen LogP contribution is 2.20. The molecular weight excluding hydrogens is 214 g/mol. The van der Waals surface area contributed by atoms with Crippen LogP contribution in [0.3, 0.4) is 0 Å². The second kappa shape index (κ2) is 5.19. The monoisotopic (exact) mass is 237 g/mol. The van der Waals surface area contributed by atoms with E-state index in [0.717, 1.165) is 18.8 Å². The van der Waals surface area contributed by atoms with Gasteiger partial charge in [0.2, 0.25) is 0 Å². The highest BCUT2D eigenvalue weighted by Gasteiger charge is 2.27. The van der Waals surface area contributed by atoms with Gasteiger partial charge in [-0.2, -0.15) is 0 Å². The van der Waals surface area contributed by atoms with Crippen LogP contribution in [-0.2, 0) is 13.0 Å². The van der Waals surface area contributed by atoms with Crippen LogP contribution in [-0.4, -0.2) is 32.8 Å². The zero-order valence-corrected chi connectivity index (χ0v) is 10.8. The minimum atomic E-state index is -0.709. The number of nitrogens with zero attached hydrogens (tertiary/aromatic N) is 2. The van der Waals surface area contributed by atoms with Gasteiger partial charge in [0, 0.05) is 37.9 Å². The average molecular weight is 237 g/mol. The number of hydrogen-bond donors (Lipinski definition) is 2. The molecule has 0 radical (unpaired) electrons. The zero-order chi connectivity index (χ0) is 12.3. The van der Waals surface area contributed by atoms with Crippen LogP contribution in [0.5, 0.6) is 0 Å². The van der Waals surface area contributed by atoms with Crippen molar-refractivity contribution in [1.82, 2.24) is 14.9 Å². The summed E-state index contributed by atoms with van der Waals surface area (Å²) < 4.78 is 2.13. The van der Waals surface area contributed by atoms with Crippen LogP contribution < -0.4 is 5.32 Å². The molecule has 0 aliphatic heterocycles. The molecule has 1 aliphatic carbocycles. The number of imidazole rings is 1. The highest BCUT2D eigenvalue weighted by molar-refractivity contribution is 4.99. The lowest BCUT2D eigenvalue weighted by atomic mass is 10.0. The summed E-state index contributed by atoms with van der Waals surface area (Å²) in [4.78, 5) is 4.34. The van der Waals surface area contributed by atoms with Gasteiger partial charge in [-0.1, -0.05) is 6.92 Å². The number of rotatable bonds is 7. The predicted molar refractivity (Wildman–Crippen MR) is 67.9 cm³/mol. The molecule has 1 atom stereocenters. The average Bonchev–Trinajstić information content (AvgIpc) is 3.01. The third-order valence-corrected chi connectivity index (χ3v) is 3.15. The Morgan fingerprint density at radius 1 is 1.59 bits per heavy atom. The molecule has 1 unspecified atom stereocenters. The van der Waals surface area contributed by atoms with Crippen molar-refractivity contribution in [3.63, 3.8) is 0 Å². The minimum absolute atomic E-state index is 0.611. The topological polar surface area (TPSA) is 50.1 Å². The molecule has 1 heterocycles. The fourth-order valence-electron chi connectivity index (χ4n) is 2.01. The fraction of sp³-hybridized carbons (Fsp3) is 0.769. The highest BCUT2D eigenvalue weighted by atomic mass is 16.3. The van der Waals surface area contributed by atoms with Crippen molar-refractivity contribution in [3.8, 4) is 0 Å². The molecule has 4 nitrogen and oxygen atoms in total. The first kappa shape index (κ1) is 12.6. The van der Waals surface area contributed by atoms with Crippen molar-refractivity contribution >= 4 is 0 Å². The summed E-state index contributed by atoms with van der Waals surface area (Å²) in [5, 5.41) is 13.7. The number of aromatic nitrogens is 2. The number of aryl methyl sites for hydroxylation is 1. The molecule has 0 amide bonds. The van der Waals surface area contributed by atoms with Gasteiger partial charge in [-0.25, -0.2) is 4.98 Å². The van der Waals surface area contributed by atoms with Crippen molar-refractivity contribution in [2.24, 2.45) is 0 Å². The van der Waals surface area contributed by atoms with Gasteiger partial charge in [-0.3, -0.25) is 0 Å². The van der Waals surface area contributed by atoms with Gasteiger partial charge in [-0.15, -0.1) is 0 Å². The summed E-state index contributed by atoms with van der Waals surface area (Å²) in [6.45, 7) is 5.65. The standard InChI is InChI=1S/C13H23N3O/c1-3-7-16-8-6-14-12(16)9-13(2,17)10-15-11-4-5-11/h6,8,11,15,17H,3-5,7,9-10H2,1-2H3. The third-order valence-electron chi connectivity index (χ3n) is 3.15. The van der Waals surface area contributed by atoms with Gasteiger partial charge < -0.3 is 15.0 Å². The SMILES string of the molecule is CCCn1ccnc1CC(C)(O)CNC1CC1. The Balaban J connectivity index is 1.90. The van der Waals surface area contributed by atoms with Crippen LogP contribution >= 0.6 is 0 Å². The van der Waals surface area contributed by atoms with Gasteiger partial charge in [0.15, 0.2) is 0 Å². The van der Waals surface area contributed by atoms with Gasteiger partial charge in [0.05, 0.1) is 5.60 Å². The van der Waals surface area contributed by atoms with E-state index in [1.165, 1.54) is 12.8 Å². The second-order valence-corrected chi connectivity index (χ2v) is 5.37. The molecule has 1 saturated carbocycles. The lowest BCUT2D eigenvalue weighted by Gasteiger charge is -2.23. The number of hydrogen-bond acceptors (Lipinski definition) is 3. The van der Waals surface area contributed by atoms with Crippen LogP contribution in [0.2, 0.25) is 0 Å². The molecule has 2 rings (SSSR count). The summed E-state index contributed by atoms with van der Waals surface area (Å²) in [6, 6.07) is 0.636. The first-order valence-electron chi connectivity index (χ1n) is 6.56. The fourth-order valence-corrected chi connectivity index (χ4v) is 2.01. The quantitative estimate of drug-likeness (QED) is 0.752. The molecule has 1 fully saturated rings. The van der Waals surface area contributed by atoms with E-state index < -0.39 is 5.60 Å². The molecular formula is C13H23N3O. The van der Waals surface area contributed by atoms with E-state index >= 15 is 0 Å². The first-order chi connectivity index (χ1) is 8.11. The van der Waals surface area contributed by atoms with E-state index in [2.05, 4.69) is 21.8 Å². The van der Waals surface area contributed by atoms with Crippen molar-refractivity contribution < 1.29 is 5.11 Å². The molecule has 0 aromatic carbocycles. The Kier molecular flexibility index (Phi) is 3.84. The van der Waals surface area contributed by atoms with Gasteiger partial charge in [0.1, 0.15) is 5.82 Å². The maximum Gasteiger partial charge on any atom is 0.111 e. The molecule has 1 aromatic heterocycles. The van der Waals surface area contributed by atoms with Crippen LogP contribution in [0.1, 0.15) is 38.9 Å². The Hall–Kier alpha value is -0.870. The molecule has 17 heavy (non-hydrogen) atoms. The van der Waals surface area contributed by atoms with Crippen LogP contribution in [0, 0.1) is 0 Å². The Morgan fingerprint density at radius 3 is 3.00 bits per heavy atom. The number of aliphatic hydroxyl groups is 1. The maximum atomic E-state index is 10.3. The maximum absolute atomic E-state index is 10.3. The Labute approximate surface area is 103 Å². The Morgan fingerprint density at radius 2 is 2.35 bits per heavy atom. The molecule has 1 aromatic rings. The summed E-state index contributed by atoms with van der Waals surface area (Å²) >= 11 is 0. The Bertz CT molecular complexity index is 355. The molecule has 96 valence electrons. The van der Waals surface area contributed by atoms with Crippen LogP contribution in [0.25, 0.3) is 0 Å². The lowest BCUT2D eigenvalue weighted by Crippen LogP contribution is -2.41. The van der Waals surface area contributed by atoms with E-state index in [-0.39, 0.29) is 0 Å². The van der Waals surface area contributed by atoms with E-state index in [4.69, 9.17) is 0 Å². The van der Waals surface area contributed by atoms with E-state index in [9.17, 15) is 5.11 Å². The first-order valence-corrected chi connectivity index (χ1v) is 6.56. The summed E-state index contributed by atoms with van der Waals surface area (Å²) in [5.74, 6) is 0.981. The molecule has 1 aliphatic rings. The summed E-state index contributed by atoms with van der Waals surface area (Å²) in [7, 11) is 0. The van der Waals surface area contributed by atoms with Gasteiger partial charge in [-0.05, 0) is 26.2 Å². The van der Waals surface area contributed by atoms with Crippen molar-refractivity contribution in [1.29, 1.82) is 0 Å². The van der Waals surface area contributed by atoms with Crippen molar-refractivity contribution in [2.45, 2.75) is 57.7 Å². The van der Waals surface area contributed by atoms with E-state index in [0.29, 0.717) is 19.0 Å². The minimum Gasteiger partial charge on any atom is -0.388 e. The predicted octanol–water partition coefficient (Wildman–Crippen LogP) is 1.34. The smallest absolute Gasteiger partial charge is 0.111 e. The second-order valence-electron chi connectivity index (χ2n) is 5.37. The summed E-state index contributed by atoms with van der Waals surface area (Å²) in [5.41, 5.74) is -0.709. The van der Waals surface area contributed by atoms with Crippen LogP contribution in [0.4, 0.5) is 0 Å². The normalized spacial score (nSPS) is 19.2. The van der Waals surface area contributed by atoms with Gasteiger partial charge >= 0.3 is 0 Å². The molecule has 2 N–H and O–H groups in total. The van der Waals surface area contributed by atoms with Crippen LogP contribution in [0.15, 0.2) is 12.4 Å². The molecule has 0 spiro atoms. The van der Waals surface area contributed by atoms with Crippen molar-refractivity contribution in [3.05, 3.63) is 18.2 Å². The molecule has 0 saturated heterocycles. The van der Waals surface area contributed by atoms with Gasteiger partial charge in [0.25, 0.3) is 0 Å².